The number of methoxy groups -OCH3 is 1. The summed E-state index contributed by atoms with van der Waals surface area (Å²) in [4.78, 5) is 25.4. The number of rotatable bonds is 8. The highest BCUT2D eigenvalue weighted by Gasteiger charge is 2.42. The van der Waals surface area contributed by atoms with Crippen LogP contribution >= 0.6 is 11.6 Å². The first-order valence-electron chi connectivity index (χ1n) is 10.7. The lowest BCUT2D eigenvalue weighted by Gasteiger charge is -2.35. The Hall–Kier alpha value is -2.78. The van der Waals surface area contributed by atoms with Crippen LogP contribution in [0.25, 0.3) is 0 Å². The van der Waals surface area contributed by atoms with Gasteiger partial charge in [0, 0.05) is 5.69 Å². The summed E-state index contributed by atoms with van der Waals surface area (Å²) in [6.45, 7) is 2.35. The molecule has 0 radical (unpaired) electrons. The molecular weight excluding hydrogens is 468 g/mol. The topological polar surface area (TPSA) is 111 Å². The highest BCUT2D eigenvalue weighted by Crippen LogP contribution is 2.31. The van der Waals surface area contributed by atoms with Crippen molar-refractivity contribution in [2.24, 2.45) is 0 Å². The lowest BCUT2D eigenvalue weighted by atomic mass is 9.81. The first-order chi connectivity index (χ1) is 15.7. The average Bonchev–Trinajstić information content (AvgIpc) is 2.80. The number of benzene rings is 2. The van der Waals surface area contributed by atoms with E-state index in [1.807, 2.05) is 6.92 Å². The molecule has 1 aliphatic rings. The van der Waals surface area contributed by atoms with E-state index >= 15 is 0 Å². The van der Waals surface area contributed by atoms with Gasteiger partial charge in [0.1, 0.15) is 11.3 Å². The molecule has 1 aliphatic carbocycles. The molecule has 178 valence electrons. The second-order valence-electron chi connectivity index (χ2n) is 7.79. The molecule has 0 heterocycles. The van der Waals surface area contributed by atoms with Crippen molar-refractivity contribution in [3.63, 3.8) is 0 Å². The van der Waals surface area contributed by atoms with Gasteiger partial charge in [0.15, 0.2) is 0 Å². The van der Waals surface area contributed by atoms with Crippen LogP contribution in [-0.2, 0) is 19.6 Å². The number of esters is 1. The molecule has 0 aliphatic heterocycles. The lowest BCUT2D eigenvalue weighted by Crippen LogP contribution is -2.56. The number of hydrogen-bond acceptors (Lipinski definition) is 6. The van der Waals surface area contributed by atoms with Crippen molar-refractivity contribution in [3.8, 4) is 5.75 Å². The lowest BCUT2D eigenvalue weighted by molar-refractivity contribution is -0.149. The van der Waals surface area contributed by atoms with Crippen LogP contribution in [0.4, 0.5) is 5.69 Å². The monoisotopic (exact) mass is 494 g/mol. The first kappa shape index (κ1) is 24.9. The van der Waals surface area contributed by atoms with Crippen molar-refractivity contribution >= 4 is 39.2 Å². The van der Waals surface area contributed by atoms with Gasteiger partial charge < -0.3 is 14.8 Å². The molecule has 0 atom stereocenters. The standard InChI is InChI=1S/C23H27ClN2O6S/c1-3-32-17-9-7-16(8-10-17)26-33(29,30)18-11-12-20(24)19(15-18)21(27)25-23(22(28)31-2)13-5-4-6-14-23/h7-12,15,26H,3-6,13-14H2,1-2H3,(H,25,27). The molecule has 3 rings (SSSR count). The van der Waals surface area contributed by atoms with E-state index in [1.54, 1.807) is 24.3 Å². The summed E-state index contributed by atoms with van der Waals surface area (Å²) in [5.41, 5.74) is -0.852. The van der Waals surface area contributed by atoms with Crippen LogP contribution in [0, 0.1) is 0 Å². The van der Waals surface area contributed by atoms with Gasteiger partial charge in [-0.25, -0.2) is 13.2 Å². The Morgan fingerprint density at radius 2 is 1.73 bits per heavy atom. The average molecular weight is 495 g/mol. The largest absolute Gasteiger partial charge is 0.494 e. The molecule has 0 bridgehead atoms. The van der Waals surface area contributed by atoms with Crippen molar-refractivity contribution in [2.75, 3.05) is 18.4 Å². The smallest absolute Gasteiger partial charge is 0.331 e. The number of anilines is 1. The number of halogens is 1. The summed E-state index contributed by atoms with van der Waals surface area (Å²) >= 11 is 6.22. The molecule has 0 unspecified atom stereocenters. The Kier molecular flexibility index (Phi) is 7.86. The van der Waals surface area contributed by atoms with Gasteiger partial charge in [-0.15, -0.1) is 0 Å². The van der Waals surface area contributed by atoms with E-state index in [2.05, 4.69) is 10.0 Å². The second-order valence-corrected chi connectivity index (χ2v) is 9.88. The van der Waals surface area contributed by atoms with E-state index in [-0.39, 0.29) is 15.5 Å². The van der Waals surface area contributed by atoms with Gasteiger partial charge in [0.05, 0.1) is 29.2 Å². The normalized spacial score (nSPS) is 15.4. The van der Waals surface area contributed by atoms with Crippen LogP contribution in [0.1, 0.15) is 49.4 Å². The summed E-state index contributed by atoms with van der Waals surface area (Å²) in [7, 11) is -2.73. The summed E-state index contributed by atoms with van der Waals surface area (Å²) < 4.78 is 38.6. The van der Waals surface area contributed by atoms with Crippen molar-refractivity contribution in [1.82, 2.24) is 5.32 Å². The number of hydrogen-bond donors (Lipinski definition) is 2. The highest BCUT2D eigenvalue weighted by molar-refractivity contribution is 7.92. The van der Waals surface area contributed by atoms with Gasteiger partial charge in [0.2, 0.25) is 0 Å². The number of sulfonamides is 1. The third-order valence-electron chi connectivity index (χ3n) is 5.55. The van der Waals surface area contributed by atoms with E-state index < -0.39 is 27.4 Å². The van der Waals surface area contributed by atoms with Crippen LogP contribution < -0.4 is 14.8 Å². The predicted octanol–water partition coefficient (Wildman–Crippen LogP) is 4.15. The Balaban J connectivity index is 1.84. The summed E-state index contributed by atoms with van der Waals surface area (Å²) in [6, 6.07) is 10.3. The second kappa shape index (κ2) is 10.4. The van der Waals surface area contributed by atoms with Crippen molar-refractivity contribution in [3.05, 3.63) is 53.1 Å². The molecule has 0 aromatic heterocycles. The van der Waals surface area contributed by atoms with E-state index in [0.717, 1.165) is 19.3 Å². The zero-order valence-electron chi connectivity index (χ0n) is 18.5. The molecule has 2 aromatic rings. The summed E-state index contributed by atoms with van der Waals surface area (Å²) in [5, 5.41) is 2.83. The van der Waals surface area contributed by atoms with Crippen LogP contribution in [0.5, 0.6) is 5.75 Å². The maximum Gasteiger partial charge on any atom is 0.331 e. The SMILES string of the molecule is CCOc1ccc(NS(=O)(=O)c2ccc(Cl)c(C(=O)NC3(C(=O)OC)CCCCC3)c2)cc1. The van der Waals surface area contributed by atoms with Crippen LogP contribution in [0.15, 0.2) is 47.4 Å². The van der Waals surface area contributed by atoms with Crippen LogP contribution in [0.2, 0.25) is 5.02 Å². The Labute approximate surface area is 198 Å². The zero-order valence-corrected chi connectivity index (χ0v) is 20.1. The molecule has 1 saturated carbocycles. The molecule has 33 heavy (non-hydrogen) atoms. The predicted molar refractivity (Wildman–Crippen MR) is 125 cm³/mol. The number of amides is 1. The van der Waals surface area contributed by atoms with Gasteiger partial charge in [-0.05, 0) is 62.2 Å². The van der Waals surface area contributed by atoms with E-state index in [0.29, 0.717) is 30.9 Å². The van der Waals surface area contributed by atoms with E-state index in [1.165, 1.54) is 25.3 Å². The van der Waals surface area contributed by atoms with Crippen molar-refractivity contribution in [1.29, 1.82) is 0 Å². The van der Waals surface area contributed by atoms with Gasteiger partial charge in [-0.3, -0.25) is 9.52 Å². The zero-order chi connectivity index (χ0) is 24.1. The molecule has 1 fully saturated rings. The van der Waals surface area contributed by atoms with E-state index in [4.69, 9.17) is 21.1 Å². The minimum Gasteiger partial charge on any atom is -0.494 e. The number of carbonyl (C=O) groups excluding carboxylic acids is 2. The fourth-order valence-corrected chi connectivity index (χ4v) is 5.15. The molecule has 2 aromatic carbocycles. The Morgan fingerprint density at radius 3 is 2.33 bits per heavy atom. The maximum atomic E-state index is 13.1. The summed E-state index contributed by atoms with van der Waals surface area (Å²) in [6.07, 6.45) is 3.38. The van der Waals surface area contributed by atoms with Gasteiger partial charge >= 0.3 is 5.97 Å². The first-order valence-corrected chi connectivity index (χ1v) is 12.5. The number of ether oxygens (including phenoxy) is 2. The molecule has 2 N–H and O–H groups in total. The number of carbonyl (C=O) groups is 2. The molecule has 1 amide bonds. The van der Waals surface area contributed by atoms with Crippen molar-refractivity contribution < 1.29 is 27.5 Å². The van der Waals surface area contributed by atoms with Crippen molar-refractivity contribution in [2.45, 2.75) is 49.5 Å². The third kappa shape index (κ3) is 5.78. The molecule has 10 heteroatoms. The van der Waals surface area contributed by atoms with E-state index in [9.17, 15) is 18.0 Å². The maximum absolute atomic E-state index is 13.1. The quantitative estimate of drug-likeness (QED) is 0.533. The minimum absolute atomic E-state index is 0.0416. The minimum atomic E-state index is -4.00. The van der Waals surface area contributed by atoms with Crippen LogP contribution in [-0.4, -0.2) is 39.5 Å². The molecule has 0 spiro atoms. The van der Waals surface area contributed by atoms with Gasteiger partial charge in [0.25, 0.3) is 15.9 Å². The number of nitrogens with one attached hydrogen (secondary N) is 2. The van der Waals surface area contributed by atoms with Gasteiger partial charge in [-0.1, -0.05) is 30.9 Å². The van der Waals surface area contributed by atoms with Gasteiger partial charge in [-0.2, -0.15) is 0 Å². The molecule has 0 saturated heterocycles. The summed E-state index contributed by atoms with van der Waals surface area (Å²) in [5.74, 6) is -0.536. The highest BCUT2D eigenvalue weighted by atomic mass is 35.5. The fraction of sp³-hybridized carbons (Fsp3) is 0.391. The van der Waals surface area contributed by atoms with Crippen LogP contribution in [0.3, 0.4) is 0 Å². The molecule has 8 nitrogen and oxygen atoms in total. The third-order valence-corrected chi connectivity index (χ3v) is 7.25. The Bertz CT molecular complexity index is 1110. The fourth-order valence-electron chi connectivity index (χ4n) is 3.86. The molecular formula is C23H27ClN2O6S. The Morgan fingerprint density at radius 1 is 1.06 bits per heavy atom.